The average molecular weight is 316 g/mol. The summed E-state index contributed by atoms with van der Waals surface area (Å²) in [6, 6.07) is 6.44. The van der Waals surface area contributed by atoms with Gasteiger partial charge in [-0.15, -0.1) is 11.3 Å². The van der Waals surface area contributed by atoms with E-state index in [2.05, 4.69) is 73.6 Å². The van der Waals surface area contributed by atoms with Crippen LogP contribution in [0.3, 0.4) is 0 Å². The molecule has 0 aliphatic heterocycles. The molecule has 0 saturated carbocycles. The molecule has 0 aliphatic carbocycles. The average Bonchev–Trinajstić information content (AvgIpc) is 2.65. The molecular weight excluding hydrogens is 288 g/mol. The van der Waals surface area contributed by atoms with Gasteiger partial charge in [0.25, 0.3) is 0 Å². The molecule has 1 radical (unpaired) electrons. The topological polar surface area (TPSA) is 19.9 Å². The van der Waals surface area contributed by atoms with Crippen molar-refractivity contribution in [2.75, 3.05) is 0 Å². The first-order chi connectivity index (χ1) is 9.91. The largest absolute Gasteiger partial charge is 0.289 e. The molecule has 0 aliphatic rings. The maximum Gasteiger partial charge on any atom is 0.186 e. The van der Waals surface area contributed by atoms with Gasteiger partial charge in [-0.2, -0.15) is 0 Å². The molecule has 1 aromatic heterocycles. The van der Waals surface area contributed by atoms with Crippen molar-refractivity contribution in [2.45, 2.75) is 66.2 Å². The molecule has 2 rings (SSSR count). The highest BCUT2D eigenvalue weighted by molar-refractivity contribution is 7.12. The van der Waals surface area contributed by atoms with Crippen LogP contribution in [0.5, 0.6) is 5.75 Å². The number of aryl methyl sites for hydroxylation is 2. The lowest BCUT2D eigenvalue weighted by Gasteiger charge is -2.27. The minimum atomic E-state index is -0.147. The minimum Gasteiger partial charge on any atom is -0.289 e. The van der Waals surface area contributed by atoms with Crippen LogP contribution in [0, 0.1) is 13.8 Å². The molecule has 0 spiro atoms. The standard InChI is InChI=1S/C20H27OS/c1-12-9-15(13(2)22-12)14-10-16(19(3,4)5)18(21)17(11-14)20(6,7)8/h9-11H,1-8H3. The molecule has 2 heteroatoms. The third-order valence-electron chi connectivity index (χ3n) is 4.06. The van der Waals surface area contributed by atoms with Crippen molar-refractivity contribution in [3.05, 3.63) is 39.1 Å². The van der Waals surface area contributed by atoms with Crippen molar-refractivity contribution in [3.8, 4) is 16.9 Å². The summed E-state index contributed by atoms with van der Waals surface area (Å²) in [6.45, 7) is 17.0. The van der Waals surface area contributed by atoms with Gasteiger partial charge in [-0.1, -0.05) is 41.5 Å². The molecule has 0 fully saturated rings. The van der Waals surface area contributed by atoms with Gasteiger partial charge in [0, 0.05) is 20.9 Å². The molecule has 1 nitrogen and oxygen atoms in total. The van der Waals surface area contributed by atoms with E-state index < -0.39 is 0 Å². The van der Waals surface area contributed by atoms with E-state index in [9.17, 15) is 5.11 Å². The van der Waals surface area contributed by atoms with E-state index in [0.717, 1.165) is 11.1 Å². The lowest BCUT2D eigenvalue weighted by molar-refractivity contribution is 0.327. The third-order valence-corrected chi connectivity index (χ3v) is 5.02. The fraction of sp³-hybridized carbons (Fsp3) is 0.500. The van der Waals surface area contributed by atoms with Crippen LogP contribution in [-0.4, -0.2) is 0 Å². The van der Waals surface area contributed by atoms with Crippen molar-refractivity contribution < 1.29 is 5.11 Å². The molecule has 0 unspecified atom stereocenters. The number of rotatable bonds is 1. The Morgan fingerprint density at radius 1 is 0.818 bits per heavy atom. The second-order valence-electron chi connectivity index (χ2n) is 8.23. The van der Waals surface area contributed by atoms with E-state index in [0.29, 0.717) is 0 Å². The summed E-state index contributed by atoms with van der Waals surface area (Å²) in [5.74, 6) is 0.202. The summed E-state index contributed by atoms with van der Waals surface area (Å²) in [4.78, 5) is 2.63. The Labute approximate surface area is 139 Å². The van der Waals surface area contributed by atoms with E-state index in [1.807, 2.05) is 11.3 Å². The fourth-order valence-electron chi connectivity index (χ4n) is 2.82. The first-order valence-corrected chi connectivity index (χ1v) is 8.66. The highest BCUT2D eigenvalue weighted by atomic mass is 32.1. The van der Waals surface area contributed by atoms with Crippen LogP contribution < -0.4 is 0 Å². The highest BCUT2D eigenvalue weighted by Crippen LogP contribution is 2.43. The Hall–Kier alpha value is -1.28. The van der Waals surface area contributed by atoms with E-state index in [1.165, 1.54) is 20.9 Å². The van der Waals surface area contributed by atoms with Gasteiger partial charge in [0.05, 0.1) is 0 Å². The molecule has 0 N–H and O–H groups in total. The quantitative estimate of drug-likeness (QED) is 0.553. The molecule has 1 heterocycles. The van der Waals surface area contributed by atoms with Gasteiger partial charge in [-0.25, -0.2) is 0 Å². The van der Waals surface area contributed by atoms with Gasteiger partial charge in [-0.3, -0.25) is 5.11 Å². The lowest BCUT2D eigenvalue weighted by atomic mass is 9.78. The monoisotopic (exact) mass is 315 g/mol. The van der Waals surface area contributed by atoms with Crippen LogP contribution >= 0.6 is 11.3 Å². The summed E-state index contributed by atoms with van der Waals surface area (Å²) in [7, 11) is 0. The van der Waals surface area contributed by atoms with Crippen molar-refractivity contribution in [1.82, 2.24) is 0 Å². The van der Waals surface area contributed by atoms with Gasteiger partial charge < -0.3 is 0 Å². The number of hydrogen-bond acceptors (Lipinski definition) is 1. The molecule has 0 saturated heterocycles. The maximum absolute atomic E-state index is 12.9. The minimum absolute atomic E-state index is 0.147. The summed E-state index contributed by atoms with van der Waals surface area (Å²) < 4.78 is 0. The smallest absolute Gasteiger partial charge is 0.186 e. The second kappa shape index (κ2) is 5.42. The molecule has 0 bridgehead atoms. The van der Waals surface area contributed by atoms with Crippen LogP contribution in [0.2, 0.25) is 0 Å². The summed E-state index contributed by atoms with van der Waals surface area (Å²) in [6.07, 6.45) is 0. The second-order valence-corrected chi connectivity index (χ2v) is 9.69. The molecule has 119 valence electrons. The molecule has 2 aromatic rings. The number of benzene rings is 1. The molecule has 0 atom stereocenters. The number of thiophene rings is 1. The zero-order valence-corrected chi connectivity index (χ0v) is 15.9. The van der Waals surface area contributed by atoms with Crippen LogP contribution in [0.4, 0.5) is 0 Å². The Morgan fingerprint density at radius 2 is 1.27 bits per heavy atom. The normalized spacial score (nSPS) is 12.7. The Morgan fingerprint density at radius 3 is 1.59 bits per heavy atom. The van der Waals surface area contributed by atoms with Crippen LogP contribution in [-0.2, 0) is 15.9 Å². The molecule has 1 aromatic carbocycles. The van der Waals surface area contributed by atoms with Crippen LogP contribution in [0.1, 0.15) is 62.4 Å². The zero-order chi connectivity index (χ0) is 16.9. The molecule has 0 amide bonds. The maximum atomic E-state index is 12.9. The van der Waals surface area contributed by atoms with E-state index in [4.69, 9.17) is 0 Å². The SMILES string of the molecule is Cc1cc(-c2cc(C(C)(C)C)c([O])c(C(C)(C)C)c2)c(C)s1. The highest BCUT2D eigenvalue weighted by Gasteiger charge is 2.28. The summed E-state index contributed by atoms with van der Waals surface area (Å²) in [5, 5.41) is 12.9. The van der Waals surface area contributed by atoms with Gasteiger partial charge in [0.15, 0.2) is 5.75 Å². The van der Waals surface area contributed by atoms with Crippen LogP contribution in [0.25, 0.3) is 11.1 Å². The van der Waals surface area contributed by atoms with Crippen molar-refractivity contribution in [3.63, 3.8) is 0 Å². The van der Waals surface area contributed by atoms with E-state index in [-0.39, 0.29) is 16.6 Å². The Bertz CT molecular complexity index is 658. The van der Waals surface area contributed by atoms with Crippen molar-refractivity contribution >= 4 is 11.3 Å². The van der Waals surface area contributed by atoms with E-state index in [1.54, 1.807) is 0 Å². The Balaban J connectivity index is 2.79. The summed E-state index contributed by atoms with van der Waals surface area (Å²) >= 11 is 1.82. The fourth-order valence-corrected chi connectivity index (χ4v) is 3.76. The van der Waals surface area contributed by atoms with Crippen molar-refractivity contribution in [2.24, 2.45) is 0 Å². The zero-order valence-electron chi connectivity index (χ0n) is 15.0. The number of hydrogen-bond donors (Lipinski definition) is 0. The van der Waals surface area contributed by atoms with Gasteiger partial charge in [0.1, 0.15) is 0 Å². The summed E-state index contributed by atoms with van der Waals surface area (Å²) in [5.41, 5.74) is 3.98. The van der Waals surface area contributed by atoms with Crippen molar-refractivity contribution in [1.29, 1.82) is 0 Å². The van der Waals surface area contributed by atoms with Gasteiger partial charge in [-0.05, 0) is 54.0 Å². The Kier molecular flexibility index (Phi) is 4.20. The van der Waals surface area contributed by atoms with Gasteiger partial charge >= 0.3 is 0 Å². The van der Waals surface area contributed by atoms with Crippen LogP contribution in [0.15, 0.2) is 18.2 Å². The predicted molar refractivity (Wildman–Crippen MR) is 96.8 cm³/mol. The van der Waals surface area contributed by atoms with Gasteiger partial charge in [0.2, 0.25) is 0 Å². The predicted octanol–water partition coefficient (Wildman–Crippen LogP) is 6.77. The molecule has 22 heavy (non-hydrogen) atoms. The third kappa shape index (κ3) is 3.22. The lowest BCUT2D eigenvalue weighted by Crippen LogP contribution is -2.17. The first kappa shape index (κ1) is 17.1. The molecular formula is C20H27OS. The first-order valence-electron chi connectivity index (χ1n) is 7.84. The van der Waals surface area contributed by atoms with E-state index >= 15 is 0 Å².